The molecule has 0 radical (unpaired) electrons. The van der Waals surface area contributed by atoms with Gasteiger partial charge in [0.05, 0.1) is 12.7 Å². The molecule has 19 heavy (non-hydrogen) atoms. The zero-order valence-electron chi connectivity index (χ0n) is 9.36. The van der Waals surface area contributed by atoms with Gasteiger partial charge in [0.15, 0.2) is 5.69 Å². The molecule has 0 N–H and O–H groups in total. The van der Waals surface area contributed by atoms with E-state index in [1.165, 1.54) is 24.3 Å². The van der Waals surface area contributed by atoms with Gasteiger partial charge in [0.2, 0.25) is 0 Å². The van der Waals surface area contributed by atoms with Crippen LogP contribution in [-0.2, 0) is 6.54 Å². The molecule has 0 unspecified atom stereocenters. The normalized spacial score (nSPS) is 11.6. The van der Waals surface area contributed by atoms with Crippen molar-refractivity contribution in [3.8, 4) is 0 Å². The Morgan fingerprint density at radius 1 is 1.21 bits per heavy atom. The van der Waals surface area contributed by atoms with E-state index < -0.39 is 23.5 Å². The van der Waals surface area contributed by atoms with Gasteiger partial charge in [-0.25, -0.2) is 9.07 Å². The highest BCUT2D eigenvalue weighted by Crippen LogP contribution is 2.20. The molecule has 0 saturated heterocycles. The molecule has 0 amide bonds. The number of carbonyl (C=O) groups excluding carboxylic acids is 1. The summed E-state index contributed by atoms with van der Waals surface area (Å²) in [6, 6.07) is 5.35. The van der Waals surface area contributed by atoms with Crippen LogP contribution in [0.4, 0.5) is 17.6 Å². The van der Waals surface area contributed by atoms with Gasteiger partial charge in [0.25, 0.3) is 5.78 Å². The zero-order chi connectivity index (χ0) is 14.0. The van der Waals surface area contributed by atoms with Gasteiger partial charge in [0, 0.05) is 0 Å². The number of benzene rings is 1. The molecule has 0 fully saturated rings. The van der Waals surface area contributed by atoms with Crippen molar-refractivity contribution in [3.05, 3.63) is 47.5 Å². The minimum Gasteiger partial charge on any atom is -0.282 e. The second-order valence-corrected chi connectivity index (χ2v) is 3.75. The predicted octanol–water partition coefficient (Wildman–Crippen LogP) is 2.21. The average Bonchev–Trinajstić information content (AvgIpc) is 2.78. The fourth-order valence-electron chi connectivity index (χ4n) is 1.40. The highest BCUT2D eigenvalue weighted by atomic mass is 19.4. The number of carbonyl (C=O) groups is 1. The lowest BCUT2D eigenvalue weighted by atomic mass is 10.2. The van der Waals surface area contributed by atoms with Crippen LogP contribution < -0.4 is 0 Å². The molecule has 1 aromatic heterocycles. The van der Waals surface area contributed by atoms with Gasteiger partial charge in [-0.1, -0.05) is 17.3 Å². The summed E-state index contributed by atoms with van der Waals surface area (Å²) in [5.74, 6) is -2.46. The molecule has 8 heteroatoms. The van der Waals surface area contributed by atoms with E-state index in [9.17, 15) is 22.4 Å². The first-order chi connectivity index (χ1) is 8.86. The minimum atomic E-state index is -4.98. The maximum absolute atomic E-state index is 12.7. The Labute approximate surface area is 104 Å². The number of ketones is 1. The van der Waals surface area contributed by atoms with Crippen molar-refractivity contribution in [2.45, 2.75) is 12.7 Å². The molecule has 0 atom stereocenters. The van der Waals surface area contributed by atoms with E-state index in [4.69, 9.17) is 0 Å². The van der Waals surface area contributed by atoms with Crippen molar-refractivity contribution in [3.63, 3.8) is 0 Å². The summed E-state index contributed by atoms with van der Waals surface area (Å²) in [6.45, 7) is 0.0957. The second kappa shape index (κ2) is 4.79. The number of rotatable bonds is 3. The summed E-state index contributed by atoms with van der Waals surface area (Å²) in [4.78, 5) is 10.9. The molecule has 1 heterocycles. The maximum Gasteiger partial charge on any atom is 0.456 e. The third kappa shape index (κ3) is 3.15. The highest BCUT2D eigenvalue weighted by molar-refractivity contribution is 5.98. The molecule has 1 aromatic carbocycles. The van der Waals surface area contributed by atoms with Crippen LogP contribution in [0.2, 0.25) is 0 Å². The molecule has 0 spiro atoms. The molecule has 0 bridgehead atoms. The fourth-order valence-corrected chi connectivity index (χ4v) is 1.40. The van der Waals surface area contributed by atoms with Crippen LogP contribution in [-0.4, -0.2) is 27.0 Å². The summed E-state index contributed by atoms with van der Waals surface area (Å²) in [7, 11) is 0. The highest BCUT2D eigenvalue weighted by Gasteiger charge is 2.41. The van der Waals surface area contributed by atoms with Gasteiger partial charge < -0.3 is 0 Å². The Hall–Kier alpha value is -2.25. The summed E-state index contributed by atoms with van der Waals surface area (Å²) < 4.78 is 50.2. The third-order valence-electron chi connectivity index (χ3n) is 2.29. The standard InChI is InChI=1S/C11H7F4N3O/c12-8-3-1-7(2-4-8)5-18-6-9(16-17-18)10(19)11(13,14)15/h1-4,6H,5H2. The molecule has 0 aliphatic heterocycles. The van der Waals surface area contributed by atoms with Crippen molar-refractivity contribution < 1.29 is 22.4 Å². The molecule has 100 valence electrons. The van der Waals surface area contributed by atoms with Gasteiger partial charge >= 0.3 is 6.18 Å². The topological polar surface area (TPSA) is 47.8 Å². The third-order valence-corrected chi connectivity index (χ3v) is 2.29. The smallest absolute Gasteiger partial charge is 0.282 e. The zero-order valence-corrected chi connectivity index (χ0v) is 9.36. The monoisotopic (exact) mass is 273 g/mol. The van der Waals surface area contributed by atoms with Gasteiger partial charge in [0.1, 0.15) is 5.82 Å². The Kier molecular flexibility index (Phi) is 3.32. The van der Waals surface area contributed by atoms with Gasteiger partial charge in [-0.05, 0) is 17.7 Å². The van der Waals surface area contributed by atoms with E-state index in [2.05, 4.69) is 10.3 Å². The van der Waals surface area contributed by atoms with Crippen LogP contribution in [0.25, 0.3) is 0 Å². The van der Waals surface area contributed by atoms with Gasteiger partial charge in [-0.3, -0.25) is 4.79 Å². The molecule has 0 aliphatic rings. The molecular formula is C11H7F4N3O. The van der Waals surface area contributed by atoms with Crippen LogP contribution in [0.5, 0.6) is 0 Å². The number of hydrogen-bond donors (Lipinski definition) is 0. The maximum atomic E-state index is 12.7. The Bertz CT molecular complexity index is 589. The van der Waals surface area contributed by atoms with Crippen molar-refractivity contribution in [2.75, 3.05) is 0 Å². The van der Waals surface area contributed by atoms with E-state index in [0.29, 0.717) is 5.56 Å². The SMILES string of the molecule is O=C(c1cn(Cc2ccc(F)cc2)nn1)C(F)(F)F. The van der Waals surface area contributed by atoms with Crippen LogP contribution in [0, 0.1) is 5.82 Å². The Morgan fingerprint density at radius 3 is 2.42 bits per heavy atom. The molecule has 0 saturated carbocycles. The fraction of sp³-hybridized carbons (Fsp3) is 0.182. The Morgan fingerprint density at radius 2 is 1.84 bits per heavy atom. The first-order valence-corrected chi connectivity index (χ1v) is 5.12. The number of hydrogen-bond acceptors (Lipinski definition) is 3. The first kappa shape index (κ1) is 13.2. The summed E-state index contributed by atoms with van der Waals surface area (Å²) in [5, 5.41) is 6.59. The number of Topliss-reactive ketones (excluding diaryl/α,β-unsaturated/α-hetero) is 1. The lowest BCUT2D eigenvalue weighted by molar-refractivity contribution is -0.0888. The molecule has 2 aromatic rings. The van der Waals surface area contributed by atoms with Crippen LogP contribution in [0.15, 0.2) is 30.5 Å². The lowest BCUT2D eigenvalue weighted by Gasteiger charge is -2.01. The van der Waals surface area contributed by atoms with Gasteiger partial charge in [-0.2, -0.15) is 13.2 Å². The number of alkyl halides is 3. The quantitative estimate of drug-likeness (QED) is 0.636. The van der Waals surface area contributed by atoms with Crippen molar-refractivity contribution in [1.82, 2.24) is 15.0 Å². The number of aromatic nitrogens is 3. The molecule has 2 rings (SSSR count). The lowest BCUT2D eigenvalue weighted by Crippen LogP contribution is -2.23. The van der Waals surface area contributed by atoms with E-state index in [1.807, 2.05) is 0 Å². The minimum absolute atomic E-state index is 0.0957. The molecule has 4 nitrogen and oxygen atoms in total. The van der Waals surface area contributed by atoms with E-state index in [-0.39, 0.29) is 6.54 Å². The largest absolute Gasteiger partial charge is 0.456 e. The van der Waals surface area contributed by atoms with Crippen LogP contribution in [0.1, 0.15) is 16.1 Å². The number of halogens is 4. The van der Waals surface area contributed by atoms with Crippen molar-refractivity contribution in [1.29, 1.82) is 0 Å². The number of nitrogens with zero attached hydrogens (tertiary/aromatic N) is 3. The molecular weight excluding hydrogens is 266 g/mol. The van der Waals surface area contributed by atoms with Crippen molar-refractivity contribution >= 4 is 5.78 Å². The predicted molar refractivity (Wildman–Crippen MR) is 55.9 cm³/mol. The van der Waals surface area contributed by atoms with E-state index >= 15 is 0 Å². The van der Waals surface area contributed by atoms with Gasteiger partial charge in [-0.15, -0.1) is 5.10 Å². The summed E-state index contributed by atoms with van der Waals surface area (Å²) >= 11 is 0. The summed E-state index contributed by atoms with van der Waals surface area (Å²) in [6.07, 6.45) is -4.07. The molecule has 0 aliphatic carbocycles. The Balaban J connectivity index is 2.14. The first-order valence-electron chi connectivity index (χ1n) is 5.12. The van der Waals surface area contributed by atoms with E-state index in [0.717, 1.165) is 10.9 Å². The van der Waals surface area contributed by atoms with Crippen LogP contribution in [0.3, 0.4) is 0 Å². The van der Waals surface area contributed by atoms with Crippen molar-refractivity contribution in [2.24, 2.45) is 0 Å². The summed E-state index contributed by atoms with van der Waals surface area (Å²) in [5.41, 5.74) is -0.146. The second-order valence-electron chi connectivity index (χ2n) is 3.75. The average molecular weight is 273 g/mol. The van der Waals surface area contributed by atoms with E-state index in [1.54, 1.807) is 0 Å². The van der Waals surface area contributed by atoms with Crippen LogP contribution >= 0.6 is 0 Å².